The number of anilines is 2. The molecule has 6 nitrogen and oxygen atoms in total. The summed E-state index contributed by atoms with van der Waals surface area (Å²) in [4.78, 5) is 20.3. The molecule has 1 unspecified atom stereocenters. The van der Waals surface area contributed by atoms with E-state index in [1.807, 2.05) is 20.9 Å². The van der Waals surface area contributed by atoms with Crippen LogP contribution in [-0.2, 0) is 11.2 Å². The molecule has 1 aliphatic carbocycles. The quantitative estimate of drug-likeness (QED) is 0.718. The lowest BCUT2D eigenvalue weighted by Crippen LogP contribution is -2.39. The van der Waals surface area contributed by atoms with Crippen LogP contribution in [0.2, 0.25) is 0 Å². The Bertz CT molecular complexity index is 458. The number of aromatic nitrogens is 2. The SMILES string of the molecule is CCc1c(NC)ncnc1NC(C)C(=O)NC1CC1. The first kappa shape index (κ1) is 13.6. The van der Waals surface area contributed by atoms with Crippen LogP contribution in [0.5, 0.6) is 0 Å². The molecule has 0 saturated heterocycles. The summed E-state index contributed by atoms with van der Waals surface area (Å²) in [5, 5.41) is 9.19. The van der Waals surface area contributed by atoms with Crippen molar-refractivity contribution in [2.45, 2.75) is 45.2 Å². The zero-order valence-electron chi connectivity index (χ0n) is 11.7. The van der Waals surface area contributed by atoms with E-state index in [-0.39, 0.29) is 11.9 Å². The summed E-state index contributed by atoms with van der Waals surface area (Å²) in [6.07, 6.45) is 4.49. The van der Waals surface area contributed by atoms with Crippen molar-refractivity contribution in [1.29, 1.82) is 0 Å². The Morgan fingerprint density at radius 3 is 2.68 bits per heavy atom. The Morgan fingerprint density at radius 1 is 1.42 bits per heavy atom. The summed E-state index contributed by atoms with van der Waals surface area (Å²) < 4.78 is 0. The second-order valence-corrected chi connectivity index (χ2v) is 4.80. The Kier molecular flexibility index (Phi) is 4.19. The molecule has 0 bridgehead atoms. The largest absolute Gasteiger partial charge is 0.373 e. The van der Waals surface area contributed by atoms with Gasteiger partial charge in [-0.3, -0.25) is 4.79 Å². The average molecular weight is 263 g/mol. The van der Waals surface area contributed by atoms with Gasteiger partial charge in [-0.25, -0.2) is 9.97 Å². The highest BCUT2D eigenvalue weighted by molar-refractivity contribution is 5.84. The van der Waals surface area contributed by atoms with Crippen LogP contribution in [-0.4, -0.2) is 35.0 Å². The van der Waals surface area contributed by atoms with Gasteiger partial charge < -0.3 is 16.0 Å². The standard InChI is InChI=1S/C13H21N5O/c1-4-10-11(14-3)15-7-16-12(10)17-8(2)13(19)18-9-5-6-9/h7-9H,4-6H2,1-3H3,(H,18,19)(H2,14,15,16,17). The smallest absolute Gasteiger partial charge is 0.242 e. The normalized spacial score (nSPS) is 15.7. The van der Waals surface area contributed by atoms with Crippen LogP contribution in [0.15, 0.2) is 6.33 Å². The van der Waals surface area contributed by atoms with Crippen molar-refractivity contribution < 1.29 is 4.79 Å². The van der Waals surface area contributed by atoms with E-state index in [0.717, 1.165) is 36.5 Å². The summed E-state index contributed by atoms with van der Waals surface area (Å²) in [5.41, 5.74) is 0.996. The number of nitrogens with one attached hydrogen (secondary N) is 3. The first-order valence-electron chi connectivity index (χ1n) is 6.74. The van der Waals surface area contributed by atoms with E-state index in [0.29, 0.717) is 6.04 Å². The van der Waals surface area contributed by atoms with Crippen LogP contribution < -0.4 is 16.0 Å². The van der Waals surface area contributed by atoms with E-state index in [4.69, 9.17) is 0 Å². The average Bonchev–Trinajstić information content (AvgIpc) is 3.22. The van der Waals surface area contributed by atoms with Gasteiger partial charge in [-0.2, -0.15) is 0 Å². The molecule has 104 valence electrons. The third-order valence-corrected chi connectivity index (χ3v) is 3.21. The topological polar surface area (TPSA) is 78.9 Å². The molecule has 0 aromatic carbocycles. The minimum Gasteiger partial charge on any atom is -0.373 e. The van der Waals surface area contributed by atoms with Gasteiger partial charge in [0.15, 0.2) is 0 Å². The zero-order valence-corrected chi connectivity index (χ0v) is 11.7. The Hall–Kier alpha value is -1.85. The predicted molar refractivity (Wildman–Crippen MR) is 75.2 cm³/mol. The molecule has 1 saturated carbocycles. The molecule has 6 heteroatoms. The minimum absolute atomic E-state index is 0.0224. The number of hydrogen-bond acceptors (Lipinski definition) is 5. The molecule has 2 rings (SSSR count). The highest BCUT2D eigenvalue weighted by atomic mass is 16.2. The van der Waals surface area contributed by atoms with Crippen LogP contribution in [0.25, 0.3) is 0 Å². The number of carbonyl (C=O) groups is 1. The number of hydrogen-bond donors (Lipinski definition) is 3. The van der Waals surface area contributed by atoms with Gasteiger partial charge in [-0.1, -0.05) is 6.92 Å². The van der Waals surface area contributed by atoms with Crippen molar-refractivity contribution in [2.24, 2.45) is 0 Å². The lowest BCUT2D eigenvalue weighted by Gasteiger charge is -2.17. The van der Waals surface area contributed by atoms with Gasteiger partial charge in [-0.15, -0.1) is 0 Å². The van der Waals surface area contributed by atoms with Crippen LogP contribution >= 0.6 is 0 Å². The van der Waals surface area contributed by atoms with Crippen LogP contribution in [0.4, 0.5) is 11.6 Å². The van der Waals surface area contributed by atoms with Crippen LogP contribution in [0.1, 0.15) is 32.3 Å². The van der Waals surface area contributed by atoms with E-state index < -0.39 is 0 Å². The molecule has 1 amide bonds. The van der Waals surface area contributed by atoms with Crippen LogP contribution in [0.3, 0.4) is 0 Å². The van der Waals surface area contributed by atoms with Gasteiger partial charge in [-0.05, 0) is 26.2 Å². The Labute approximate surface area is 113 Å². The Morgan fingerprint density at radius 2 is 2.11 bits per heavy atom. The number of rotatable bonds is 6. The Balaban J connectivity index is 2.06. The van der Waals surface area contributed by atoms with Crippen molar-refractivity contribution in [3.63, 3.8) is 0 Å². The van der Waals surface area contributed by atoms with Gasteiger partial charge in [0, 0.05) is 18.7 Å². The second kappa shape index (κ2) is 5.86. The van der Waals surface area contributed by atoms with Gasteiger partial charge in [0.2, 0.25) is 5.91 Å². The number of nitrogens with zero attached hydrogens (tertiary/aromatic N) is 2. The van der Waals surface area contributed by atoms with Gasteiger partial charge in [0.05, 0.1) is 0 Å². The fourth-order valence-corrected chi connectivity index (χ4v) is 1.91. The summed E-state index contributed by atoms with van der Waals surface area (Å²) in [5.74, 6) is 1.55. The molecule has 0 aliphatic heterocycles. The van der Waals surface area contributed by atoms with Crippen molar-refractivity contribution in [1.82, 2.24) is 15.3 Å². The van der Waals surface area contributed by atoms with E-state index >= 15 is 0 Å². The lowest BCUT2D eigenvalue weighted by molar-refractivity contribution is -0.121. The monoisotopic (exact) mass is 263 g/mol. The molecule has 19 heavy (non-hydrogen) atoms. The van der Waals surface area contributed by atoms with E-state index in [1.165, 1.54) is 6.33 Å². The fraction of sp³-hybridized carbons (Fsp3) is 0.615. The molecule has 1 aromatic rings. The fourth-order valence-electron chi connectivity index (χ4n) is 1.91. The van der Waals surface area contributed by atoms with E-state index in [1.54, 1.807) is 0 Å². The molecule has 1 heterocycles. The molecule has 1 atom stereocenters. The van der Waals surface area contributed by atoms with Gasteiger partial charge >= 0.3 is 0 Å². The number of amides is 1. The van der Waals surface area contributed by atoms with Crippen LogP contribution in [0, 0.1) is 0 Å². The van der Waals surface area contributed by atoms with Crippen molar-refractivity contribution in [2.75, 3.05) is 17.7 Å². The third-order valence-electron chi connectivity index (χ3n) is 3.21. The predicted octanol–water partition coefficient (Wildman–Crippen LogP) is 1.16. The summed E-state index contributed by atoms with van der Waals surface area (Å²) >= 11 is 0. The zero-order chi connectivity index (χ0) is 13.8. The van der Waals surface area contributed by atoms with Crippen molar-refractivity contribution >= 4 is 17.5 Å². The van der Waals surface area contributed by atoms with E-state index in [9.17, 15) is 4.79 Å². The van der Waals surface area contributed by atoms with Gasteiger partial charge in [0.25, 0.3) is 0 Å². The second-order valence-electron chi connectivity index (χ2n) is 4.80. The third kappa shape index (κ3) is 3.33. The molecule has 0 radical (unpaired) electrons. The van der Waals surface area contributed by atoms with Crippen molar-refractivity contribution in [3.8, 4) is 0 Å². The summed E-state index contributed by atoms with van der Waals surface area (Å²) in [6.45, 7) is 3.89. The first-order chi connectivity index (χ1) is 9.15. The number of carbonyl (C=O) groups excluding carboxylic acids is 1. The maximum atomic E-state index is 11.9. The summed E-state index contributed by atoms with van der Waals surface area (Å²) in [7, 11) is 1.83. The maximum absolute atomic E-state index is 11.9. The molecule has 3 N–H and O–H groups in total. The molecule has 1 fully saturated rings. The molecule has 1 aliphatic rings. The van der Waals surface area contributed by atoms with Crippen molar-refractivity contribution in [3.05, 3.63) is 11.9 Å². The highest BCUT2D eigenvalue weighted by Gasteiger charge is 2.26. The molecule has 0 spiro atoms. The first-order valence-corrected chi connectivity index (χ1v) is 6.74. The molecular formula is C13H21N5O. The minimum atomic E-state index is -0.300. The van der Waals surface area contributed by atoms with E-state index in [2.05, 4.69) is 25.9 Å². The highest BCUT2D eigenvalue weighted by Crippen LogP contribution is 2.21. The lowest BCUT2D eigenvalue weighted by atomic mass is 10.2. The van der Waals surface area contributed by atoms with Gasteiger partial charge in [0.1, 0.15) is 24.0 Å². The summed E-state index contributed by atoms with van der Waals surface area (Å²) in [6, 6.07) is 0.0752. The maximum Gasteiger partial charge on any atom is 0.242 e. The molecular weight excluding hydrogens is 242 g/mol. The molecule has 1 aromatic heterocycles.